The van der Waals surface area contributed by atoms with E-state index >= 15 is 0 Å². The monoisotopic (exact) mass is 465 g/mol. The molecule has 1 amide bonds. The number of hydrogen-bond acceptors (Lipinski definition) is 4. The second-order valence-corrected chi connectivity index (χ2v) is 9.48. The summed E-state index contributed by atoms with van der Waals surface area (Å²) in [6.07, 6.45) is 4.88. The number of nitrogens with one attached hydrogen (secondary N) is 1. The van der Waals surface area contributed by atoms with Gasteiger partial charge in [0.1, 0.15) is 11.5 Å². The Morgan fingerprint density at radius 3 is 2.06 bits per heavy atom. The number of rotatable bonds is 13. The van der Waals surface area contributed by atoms with E-state index in [-0.39, 0.29) is 5.91 Å². The van der Waals surface area contributed by atoms with E-state index in [4.69, 9.17) is 4.74 Å². The molecule has 3 aromatic rings. The topological polar surface area (TPSA) is 38.3 Å². The minimum atomic E-state index is -0.0116. The SMILES string of the molecule is CCCCCCSNC(=O)c1ccc(CSCc2ccc(Oc3ccccc3)cc2)cc1. The zero-order valence-electron chi connectivity index (χ0n) is 18.6. The van der Waals surface area contributed by atoms with Crippen molar-refractivity contribution in [1.29, 1.82) is 0 Å². The van der Waals surface area contributed by atoms with E-state index in [9.17, 15) is 4.79 Å². The van der Waals surface area contributed by atoms with Gasteiger partial charge in [0, 0.05) is 22.8 Å². The van der Waals surface area contributed by atoms with E-state index in [1.165, 1.54) is 42.3 Å². The highest BCUT2D eigenvalue weighted by atomic mass is 32.2. The van der Waals surface area contributed by atoms with Gasteiger partial charge >= 0.3 is 0 Å². The lowest BCUT2D eigenvalue weighted by molar-refractivity contribution is 0.0984. The van der Waals surface area contributed by atoms with Crippen LogP contribution in [0.3, 0.4) is 0 Å². The van der Waals surface area contributed by atoms with E-state index in [0.717, 1.165) is 35.2 Å². The Morgan fingerprint density at radius 1 is 0.781 bits per heavy atom. The largest absolute Gasteiger partial charge is 0.457 e. The lowest BCUT2D eigenvalue weighted by Gasteiger charge is -2.07. The number of hydrogen-bond donors (Lipinski definition) is 1. The third-order valence-corrected chi connectivity index (χ3v) is 6.82. The van der Waals surface area contributed by atoms with Crippen LogP contribution in [0.4, 0.5) is 0 Å². The molecule has 3 nitrogen and oxygen atoms in total. The average molecular weight is 466 g/mol. The summed E-state index contributed by atoms with van der Waals surface area (Å²) in [6, 6.07) is 26.0. The molecule has 0 atom stereocenters. The van der Waals surface area contributed by atoms with Crippen molar-refractivity contribution in [3.63, 3.8) is 0 Å². The van der Waals surface area contributed by atoms with Crippen molar-refractivity contribution in [1.82, 2.24) is 4.72 Å². The summed E-state index contributed by atoms with van der Waals surface area (Å²) in [4.78, 5) is 12.2. The molecule has 0 saturated carbocycles. The van der Waals surface area contributed by atoms with E-state index in [0.29, 0.717) is 5.56 Å². The van der Waals surface area contributed by atoms with Gasteiger partial charge < -0.3 is 4.74 Å². The lowest BCUT2D eigenvalue weighted by atomic mass is 10.1. The molecular weight excluding hydrogens is 434 g/mol. The fourth-order valence-electron chi connectivity index (χ4n) is 3.09. The van der Waals surface area contributed by atoms with Crippen molar-refractivity contribution in [2.45, 2.75) is 44.1 Å². The minimum Gasteiger partial charge on any atom is -0.457 e. The number of para-hydroxylation sites is 1. The molecule has 0 fully saturated rings. The third-order valence-electron chi connectivity index (χ3n) is 4.92. The Kier molecular flexibility index (Phi) is 10.6. The van der Waals surface area contributed by atoms with Crippen molar-refractivity contribution in [3.05, 3.63) is 95.6 Å². The second-order valence-electron chi connectivity index (χ2n) is 7.59. The fourth-order valence-corrected chi connectivity index (χ4v) is 4.75. The molecule has 1 N–H and O–H groups in total. The second kappa shape index (κ2) is 13.9. The summed E-state index contributed by atoms with van der Waals surface area (Å²) in [5.74, 6) is 4.50. The highest BCUT2D eigenvalue weighted by molar-refractivity contribution is 7.98. The Balaban J connectivity index is 1.36. The maximum Gasteiger partial charge on any atom is 0.261 e. The van der Waals surface area contributed by atoms with Gasteiger partial charge in [-0.1, -0.05) is 80.6 Å². The van der Waals surface area contributed by atoms with Gasteiger partial charge in [-0.15, -0.1) is 0 Å². The first-order valence-electron chi connectivity index (χ1n) is 11.2. The highest BCUT2D eigenvalue weighted by Gasteiger charge is 2.05. The predicted octanol–water partition coefficient (Wildman–Crippen LogP) is 7.87. The van der Waals surface area contributed by atoms with Gasteiger partial charge in [0.25, 0.3) is 5.91 Å². The summed E-state index contributed by atoms with van der Waals surface area (Å²) in [7, 11) is 0. The van der Waals surface area contributed by atoms with E-state index in [2.05, 4.69) is 23.8 Å². The van der Waals surface area contributed by atoms with Gasteiger partial charge in [-0.2, -0.15) is 11.8 Å². The summed E-state index contributed by atoms with van der Waals surface area (Å²) in [5, 5.41) is 0. The van der Waals surface area contributed by atoms with Crippen LogP contribution in [0.15, 0.2) is 78.9 Å². The lowest BCUT2D eigenvalue weighted by Crippen LogP contribution is -2.16. The molecule has 0 radical (unpaired) electrons. The summed E-state index contributed by atoms with van der Waals surface area (Å²) in [5.41, 5.74) is 3.21. The number of thioether (sulfide) groups is 1. The third kappa shape index (κ3) is 8.64. The Bertz CT molecular complexity index is 928. The van der Waals surface area contributed by atoms with Gasteiger partial charge in [0.05, 0.1) is 0 Å². The molecule has 32 heavy (non-hydrogen) atoms. The molecule has 0 aliphatic heterocycles. The predicted molar refractivity (Wildman–Crippen MR) is 138 cm³/mol. The number of carbonyl (C=O) groups excluding carboxylic acids is 1. The summed E-state index contributed by atoms with van der Waals surface area (Å²) < 4.78 is 8.78. The summed E-state index contributed by atoms with van der Waals surface area (Å²) in [6.45, 7) is 2.21. The molecule has 0 unspecified atom stereocenters. The maximum absolute atomic E-state index is 12.2. The van der Waals surface area contributed by atoms with E-state index in [1.807, 2.05) is 78.5 Å². The van der Waals surface area contributed by atoms with Crippen LogP contribution < -0.4 is 9.46 Å². The van der Waals surface area contributed by atoms with E-state index in [1.54, 1.807) is 0 Å². The van der Waals surface area contributed by atoms with E-state index < -0.39 is 0 Å². The van der Waals surface area contributed by atoms with Crippen LogP contribution in [0, 0.1) is 0 Å². The van der Waals surface area contributed by atoms with Gasteiger partial charge in [-0.25, -0.2) is 0 Å². The number of benzene rings is 3. The molecule has 0 aliphatic carbocycles. The number of unbranched alkanes of at least 4 members (excludes halogenated alkanes) is 3. The first kappa shape index (κ1) is 24.3. The van der Waals surface area contributed by atoms with Crippen molar-refractivity contribution >= 4 is 29.6 Å². The van der Waals surface area contributed by atoms with Crippen molar-refractivity contribution < 1.29 is 9.53 Å². The van der Waals surface area contributed by atoms with Crippen LogP contribution in [0.25, 0.3) is 0 Å². The molecule has 0 spiro atoms. The number of ether oxygens (including phenoxy) is 1. The van der Waals surface area contributed by atoms with Crippen molar-refractivity contribution in [2.24, 2.45) is 0 Å². The average Bonchev–Trinajstić information content (AvgIpc) is 2.83. The van der Waals surface area contributed by atoms with Gasteiger partial charge in [0.15, 0.2) is 0 Å². The standard InChI is InChI=1S/C27H31NO2S2/c1-2-3-4-8-19-32-28-27(29)24-15-11-22(12-16-24)20-31-21-23-13-17-26(18-14-23)30-25-9-6-5-7-10-25/h5-7,9-18H,2-4,8,19-21H2,1H3,(H,28,29). The Morgan fingerprint density at radius 2 is 1.41 bits per heavy atom. The molecule has 5 heteroatoms. The summed E-state index contributed by atoms with van der Waals surface area (Å²) >= 11 is 3.37. The molecule has 0 saturated heterocycles. The smallest absolute Gasteiger partial charge is 0.261 e. The normalized spacial score (nSPS) is 10.7. The van der Waals surface area contributed by atoms with Gasteiger partial charge in [0.2, 0.25) is 0 Å². The molecular formula is C27H31NO2S2. The number of amides is 1. The van der Waals surface area contributed by atoms with Crippen molar-refractivity contribution in [3.8, 4) is 11.5 Å². The quantitative estimate of drug-likeness (QED) is 0.206. The Labute approximate surface area is 200 Å². The number of carbonyl (C=O) groups is 1. The first-order valence-corrected chi connectivity index (χ1v) is 13.3. The van der Waals surface area contributed by atoms with Gasteiger partial charge in [-0.05, 0) is 53.9 Å². The zero-order valence-corrected chi connectivity index (χ0v) is 20.2. The van der Waals surface area contributed by atoms with Gasteiger partial charge in [-0.3, -0.25) is 9.52 Å². The van der Waals surface area contributed by atoms with Crippen molar-refractivity contribution in [2.75, 3.05) is 5.75 Å². The first-order chi connectivity index (χ1) is 15.7. The fraction of sp³-hybridized carbons (Fsp3) is 0.296. The molecule has 0 aromatic heterocycles. The molecule has 0 bridgehead atoms. The molecule has 0 heterocycles. The van der Waals surface area contributed by atoms with Crippen LogP contribution in [0.2, 0.25) is 0 Å². The molecule has 168 valence electrons. The van der Waals surface area contributed by atoms with Crippen LogP contribution in [-0.2, 0) is 11.5 Å². The minimum absolute atomic E-state index is 0.0116. The van der Waals surface area contributed by atoms with Crippen LogP contribution >= 0.6 is 23.7 Å². The Hall–Kier alpha value is -2.37. The zero-order chi connectivity index (χ0) is 22.4. The molecule has 3 rings (SSSR count). The molecule has 0 aliphatic rings. The van der Waals surface area contributed by atoms with Crippen LogP contribution in [0.5, 0.6) is 11.5 Å². The molecule has 3 aromatic carbocycles. The van der Waals surface area contributed by atoms with Crippen LogP contribution in [-0.4, -0.2) is 11.7 Å². The maximum atomic E-state index is 12.2. The van der Waals surface area contributed by atoms with Crippen LogP contribution in [0.1, 0.15) is 54.1 Å². The highest BCUT2D eigenvalue weighted by Crippen LogP contribution is 2.24.